The van der Waals surface area contributed by atoms with Gasteiger partial charge in [0.2, 0.25) is 0 Å². The summed E-state index contributed by atoms with van der Waals surface area (Å²) in [6.45, 7) is 2.00. The van der Waals surface area contributed by atoms with Crippen molar-refractivity contribution in [3.05, 3.63) is 33.8 Å². The number of hydrogen-bond acceptors (Lipinski definition) is 2. The van der Waals surface area contributed by atoms with Crippen LogP contribution in [0.2, 0.25) is 10.0 Å². The van der Waals surface area contributed by atoms with Gasteiger partial charge in [-0.05, 0) is 18.6 Å². The lowest BCUT2D eigenvalue weighted by molar-refractivity contribution is 0.0420. The Morgan fingerprint density at radius 1 is 1.43 bits per heavy atom. The van der Waals surface area contributed by atoms with Gasteiger partial charge >= 0.3 is 0 Å². The summed E-state index contributed by atoms with van der Waals surface area (Å²) in [6.07, 6.45) is 0.519. The molecular formula is C10H13Cl2NO. The summed E-state index contributed by atoms with van der Waals surface area (Å²) in [6, 6.07) is 5.01. The fourth-order valence-corrected chi connectivity index (χ4v) is 1.90. The van der Waals surface area contributed by atoms with Crippen molar-refractivity contribution in [3.8, 4) is 0 Å². The molecule has 14 heavy (non-hydrogen) atoms. The number of hydrogen-bond donors (Lipinski definition) is 2. The largest absolute Gasteiger partial charge is 0.384 e. The van der Waals surface area contributed by atoms with Crippen molar-refractivity contribution in [1.29, 1.82) is 0 Å². The quantitative estimate of drug-likeness (QED) is 0.844. The SMILES string of the molecule is CCC(O)(CN)c1ccc(Cl)cc1Cl. The topological polar surface area (TPSA) is 46.2 Å². The molecule has 0 aliphatic heterocycles. The number of aliphatic hydroxyl groups is 1. The van der Waals surface area contributed by atoms with E-state index in [2.05, 4.69) is 0 Å². The molecule has 3 N–H and O–H groups in total. The molecule has 0 aliphatic rings. The van der Waals surface area contributed by atoms with Crippen LogP contribution in [0.5, 0.6) is 0 Å². The highest BCUT2D eigenvalue weighted by Crippen LogP contribution is 2.31. The summed E-state index contributed by atoms with van der Waals surface area (Å²) in [5, 5.41) is 11.1. The molecule has 0 amide bonds. The summed E-state index contributed by atoms with van der Waals surface area (Å²) < 4.78 is 0. The van der Waals surface area contributed by atoms with Gasteiger partial charge < -0.3 is 10.8 Å². The number of benzene rings is 1. The van der Waals surface area contributed by atoms with Crippen LogP contribution in [0.15, 0.2) is 18.2 Å². The van der Waals surface area contributed by atoms with Gasteiger partial charge in [-0.1, -0.05) is 36.2 Å². The lowest BCUT2D eigenvalue weighted by Gasteiger charge is -2.26. The van der Waals surface area contributed by atoms with Crippen LogP contribution in [0.4, 0.5) is 0 Å². The molecule has 4 heteroatoms. The summed E-state index contributed by atoms with van der Waals surface area (Å²) in [7, 11) is 0. The third kappa shape index (κ3) is 2.20. The molecule has 78 valence electrons. The van der Waals surface area contributed by atoms with E-state index in [0.717, 1.165) is 0 Å². The minimum Gasteiger partial charge on any atom is -0.384 e. The zero-order chi connectivity index (χ0) is 10.8. The maximum atomic E-state index is 10.1. The zero-order valence-corrected chi connectivity index (χ0v) is 9.44. The average Bonchev–Trinajstić information content (AvgIpc) is 2.17. The minimum absolute atomic E-state index is 0.144. The predicted octanol–water partition coefficient (Wildman–Crippen LogP) is 2.55. The van der Waals surface area contributed by atoms with Gasteiger partial charge in [0.1, 0.15) is 5.60 Å². The highest BCUT2D eigenvalue weighted by atomic mass is 35.5. The van der Waals surface area contributed by atoms with Crippen LogP contribution in [0, 0.1) is 0 Å². The highest BCUT2D eigenvalue weighted by molar-refractivity contribution is 6.35. The molecule has 1 unspecified atom stereocenters. The first-order valence-corrected chi connectivity index (χ1v) is 5.17. The molecule has 1 aromatic carbocycles. The first kappa shape index (κ1) is 11.8. The second kappa shape index (κ2) is 4.49. The molecule has 0 radical (unpaired) electrons. The van der Waals surface area contributed by atoms with E-state index in [1.54, 1.807) is 18.2 Å². The normalized spacial score (nSPS) is 15.2. The van der Waals surface area contributed by atoms with Crippen LogP contribution >= 0.6 is 23.2 Å². The van der Waals surface area contributed by atoms with E-state index >= 15 is 0 Å². The average molecular weight is 234 g/mol. The maximum Gasteiger partial charge on any atom is 0.103 e. The molecule has 0 saturated carbocycles. The fraction of sp³-hybridized carbons (Fsp3) is 0.400. The van der Waals surface area contributed by atoms with Crippen molar-refractivity contribution in [2.45, 2.75) is 18.9 Å². The van der Waals surface area contributed by atoms with Crippen LogP contribution in [0.25, 0.3) is 0 Å². The molecule has 0 aromatic heterocycles. The number of nitrogens with two attached hydrogens (primary N) is 1. The highest BCUT2D eigenvalue weighted by Gasteiger charge is 2.27. The van der Waals surface area contributed by atoms with E-state index in [1.165, 1.54) is 0 Å². The molecule has 1 atom stereocenters. The Morgan fingerprint density at radius 3 is 2.50 bits per heavy atom. The molecule has 2 nitrogen and oxygen atoms in total. The Balaban J connectivity index is 3.17. The Hall–Kier alpha value is -0.280. The van der Waals surface area contributed by atoms with Crippen LogP contribution in [-0.2, 0) is 5.60 Å². The van der Waals surface area contributed by atoms with E-state index < -0.39 is 5.60 Å². The second-order valence-electron chi connectivity index (χ2n) is 3.21. The Morgan fingerprint density at radius 2 is 2.07 bits per heavy atom. The van der Waals surface area contributed by atoms with Crippen molar-refractivity contribution in [3.63, 3.8) is 0 Å². The monoisotopic (exact) mass is 233 g/mol. The Kier molecular flexibility index (Phi) is 3.78. The van der Waals surface area contributed by atoms with E-state index in [0.29, 0.717) is 22.0 Å². The molecule has 1 rings (SSSR count). The van der Waals surface area contributed by atoms with Crippen molar-refractivity contribution >= 4 is 23.2 Å². The lowest BCUT2D eigenvalue weighted by Crippen LogP contribution is -2.34. The van der Waals surface area contributed by atoms with Gasteiger partial charge in [-0.3, -0.25) is 0 Å². The first-order chi connectivity index (χ1) is 6.53. The third-order valence-electron chi connectivity index (χ3n) is 2.36. The van der Waals surface area contributed by atoms with E-state index in [4.69, 9.17) is 28.9 Å². The molecule has 0 bridgehead atoms. The minimum atomic E-state index is -1.05. The van der Waals surface area contributed by atoms with Crippen LogP contribution in [-0.4, -0.2) is 11.7 Å². The van der Waals surface area contributed by atoms with Gasteiger partial charge in [-0.25, -0.2) is 0 Å². The molecule has 0 saturated heterocycles. The predicted molar refractivity (Wildman–Crippen MR) is 59.7 cm³/mol. The van der Waals surface area contributed by atoms with Gasteiger partial charge in [-0.2, -0.15) is 0 Å². The Labute approximate surface area is 93.6 Å². The molecule has 0 spiro atoms. The number of halogens is 2. The summed E-state index contributed by atoms with van der Waals surface area (Å²) in [5.41, 5.74) is 5.09. The standard InChI is InChI=1S/C10H13Cl2NO/c1-2-10(14,6-13)8-4-3-7(11)5-9(8)12/h3-5,14H,2,6,13H2,1H3. The van der Waals surface area contributed by atoms with Gasteiger partial charge in [0.15, 0.2) is 0 Å². The van der Waals surface area contributed by atoms with Crippen molar-refractivity contribution in [2.75, 3.05) is 6.54 Å². The molecular weight excluding hydrogens is 221 g/mol. The summed E-state index contributed by atoms with van der Waals surface area (Å²) in [5.74, 6) is 0. The van der Waals surface area contributed by atoms with Crippen molar-refractivity contribution in [1.82, 2.24) is 0 Å². The fourth-order valence-electron chi connectivity index (χ4n) is 1.31. The van der Waals surface area contributed by atoms with Crippen LogP contribution in [0.3, 0.4) is 0 Å². The summed E-state index contributed by atoms with van der Waals surface area (Å²) >= 11 is 11.7. The molecule has 0 fully saturated rings. The van der Waals surface area contributed by atoms with Gasteiger partial charge in [0.05, 0.1) is 0 Å². The maximum absolute atomic E-state index is 10.1. The van der Waals surface area contributed by atoms with Gasteiger partial charge in [0, 0.05) is 22.2 Å². The third-order valence-corrected chi connectivity index (χ3v) is 2.90. The smallest absolute Gasteiger partial charge is 0.103 e. The van der Waals surface area contributed by atoms with Crippen LogP contribution < -0.4 is 5.73 Å². The number of rotatable bonds is 3. The summed E-state index contributed by atoms with van der Waals surface area (Å²) in [4.78, 5) is 0. The molecule has 0 aliphatic carbocycles. The Bertz CT molecular complexity index is 324. The van der Waals surface area contributed by atoms with Crippen molar-refractivity contribution < 1.29 is 5.11 Å². The second-order valence-corrected chi connectivity index (χ2v) is 4.06. The van der Waals surface area contributed by atoms with E-state index in [-0.39, 0.29) is 6.54 Å². The van der Waals surface area contributed by atoms with Crippen molar-refractivity contribution in [2.24, 2.45) is 5.73 Å². The first-order valence-electron chi connectivity index (χ1n) is 4.41. The molecule has 1 aromatic rings. The van der Waals surface area contributed by atoms with Gasteiger partial charge in [0.25, 0.3) is 0 Å². The van der Waals surface area contributed by atoms with E-state index in [9.17, 15) is 5.11 Å². The lowest BCUT2D eigenvalue weighted by atomic mass is 9.91. The van der Waals surface area contributed by atoms with Gasteiger partial charge in [-0.15, -0.1) is 0 Å². The van der Waals surface area contributed by atoms with Crippen LogP contribution in [0.1, 0.15) is 18.9 Å². The van der Waals surface area contributed by atoms with E-state index in [1.807, 2.05) is 6.92 Å². The zero-order valence-electron chi connectivity index (χ0n) is 7.93. The molecule has 0 heterocycles.